The number of phenolic OH excluding ortho intramolecular Hbond substituents is 1. The maximum atomic E-state index is 12.0. The van der Waals surface area contributed by atoms with Crippen LogP contribution >= 0.6 is 0 Å². The molecular weight excluding hydrogens is 336 g/mol. The Kier molecular flexibility index (Phi) is 7.70. The number of allylic oxidation sites excluding steroid dienone is 3. The van der Waals surface area contributed by atoms with Crippen molar-refractivity contribution in [2.24, 2.45) is 5.92 Å². The minimum absolute atomic E-state index is 0.0133. The smallest absolute Gasteiger partial charge is 0.310 e. The average molecular weight is 371 g/mol. The first-order valence-corrected chi connectivity index (χ1v) is 10.3. The first-order chi connectivity index (χ1) is 12.9. The number of carbonyl (C=O) groups excluding carboxylic acids is 1. The minimum Gasteiger partial charge on any atom is -0.507 e. The van der Waals surface area contributed by atoms with E-state index < -0.39 is 0 Å². The number of aromatic hydroxyl groups is 1. The zero-order chi connectivity index (χ0) is 20.0. The van der Waals surface area contributed by atoms with Crippen LogP contribution in [0.15, 0.2) is 35.9 Å². The summed E-state index contributed by atoms with van der Waals surface area (Å²) in [6.07, 6.45) is 8.79. The van der Waals surface area contributed by atoms with Gasteiger partial charge in [-0.3, -0.25) is 4.79 Å². The number of hydrogen-bond acceptors (Lipinski definition) is 3. The zero-order valence-electron chi connectivity index (χ0n) is 17.3. The molecule has 0 bridgehead atoms. The van der Waals surface area contributed by atoms with Crippen molar-refractivity contribution in [1.82, 2.24) is 0 Å². The van der Waals surface area contributed by atoms with Crippen LogP contribution in [0.25, 0.3) is 0 Å². The first-order valence-electron chi connectivity index (χ1n) is 10.3. The number of benzene rings is 1. The predicted octanol–water partition coefficient (Wildman–Crippen LogP) is 6.46. The van der Waals surface area contributed by atoms with Crippen LogP contribution in [0.3, 0.4) is 0 Å². The van der Waals surface area contributed by atoms with Gasteiger partial charge in [0.1, 0.15) is 11.5 Å². The van der Waals surface area contributed by atoms with Gasteiger partial charge >= 0.3 is 5.97 Å². The maximum absolute atomic E-state index is 12.0. The fraction of sp³-hybridized carbons (Fsp3) is 0.542. The topological polar surface area (TPSA) is 46.5 Å². The molecular formula is C24H34O3. The summed E-state index contributed by atoms with van der Waals surface area (Å²) >= 11 is 0. The van der Waals surface area contributed by atoms with Gasteiger partial charge in [-0.2, -0.15) is 0 Å². The fourth-order valence-electron chi connectivity index (χ4n) is 3.91. The lowest BCUT2D eigenvalue weighted by Crippen LogP contribution is -2.19. The largest absolute Gasteiger partial charge is 0.507 e. The van der Waals surface area contributed by atoms with Gasteiger partial charge in [-0.15, -0.1) is 0 Å². The number of unbranched alkanes of at least 4 members (excludes halogenated alkanes) is 2. The summed E-state index contributed by atoms with van der Waals surface area (Å²) < 4.78 is 5.68. The first kappa shape index (κ1) is 21.3. The highest BCUT2D eigenvalue weighted by Gasteiger charge is 2.31. The molecule has 2 unspecified atom stereocenters. The molecule has 1 aromatic carbocycles. The van der Waals surface area contributed by atoms with Gasteiger partial charge in [0, 0.05) is 17.9 Å². The van der Waals surface area contributed by atoms with E-state index in [1.807, 2.05) is 19.1 Å². The Bertz CT molecular complexity index is 715. The van der Waals surface area contributed by atoms with Crippen molar-refractivity contribution in [1.29, 1.82) is 0 Å². The van der Waals surface area contributed by atoms with Crippen LogP contribution in [0.1, 0.15) is 83.3 Å². The van der Waals surface area contributed by atoms with Crippen molar-refractivity contribution in [3.8, 4) is 11.5 Å². The lowest BCUT2D eigenvalue weighted by Gasteiger charge is -2.32. The van der Waals surface area contributed by atoms with Crippen LogP contribution in [-0.2, 0) is 11.2 Å². The van der Waals surface area contributed by atoms with E-state index in [1.54, 1.807) is 6.92 Å². The molecule has 3 heteroatoms. The van der Waals surface area contributed by atoms with Crippen molar-refractivity contribution < 1.29 is 14.6 Å². The highest BCUT2D eigenvalue weighted by molar-refractivity contribution is 5.73. The van der Waals surface area contributed by atoms with Gasteiger partial charge < -0.3 is 9.84 Å². The fourth-order valence-corrected chi connectivity index (χ4v) is 3.91. The molecule has 3 nitrogen and oxygen atoms in total. The Hall–Kier alpha value is -2.03. The van der Waals surface area contributed by atoms with Crippen molar-refractivity contribution in [2.45, 2.75) is 78.6 Å². The number of phenols is 1. The molecule has 2 rings (SSSR count). The number of aryl methyl sites for hydroxylation is 1. The quantitative estimate of drug-likeness (QED) is 0.247. The average Bonchev–Trinajstić information content (AvgIpc) is 2.61. The Labute approximate surface area is 164 Å². The molecule has 1 aliphatic rings. The second-order valence-electron chi connectivity index (χ2n) is 7.84. The van der Waals surface area contributed by atoms with Gasteiger partial charge in [-0.1, -0.05) is 50.5 Å². The van der Waals surface area contributed by atoms with Gasteiger partial charge in [0.05, 0.1) is 0 Å². The molecule has 1 N–H and O–H groups in total. The normalized spacial score (nSPS) is 19.5. The molecule has 1 aliphatic carbocycles. The molecule has 0 amide bonds. The van der Waals surface area contributed by atoms with Gasteiger partial charge in [-0.05, 0) is 63.1 Å². The van der Waals surface area contributed by atoms with Crippen LogP contribution in [0.2, 0.25) is 0 Å². The maximum Gasteiger partial charge on any atom is 0.310 e. The standard InChI is InChI=1S/C24H34O3/c1-6-8-9-10-18-14-21(25)24(22(15-18)27-23(26)7-2)20-13-17(5)11-12-19(20)16(3)4/h13-15,19-20,25H,3,6-12H2,1-2,4-5H3. The number of esters is 1. The SMILES string of the molecule is C=C(C)C1CCC(C)=CC1c1c(O)cc(CCCCC)cc1OC(=O)CC. The van der Waals surface area contributed by atoms with E-state index in [0.717, 1.165) is 55.2 Å². The Balaban J connectivity index is 2.50. The molecule has 0 saturated carbocycles. The lowest BCUT2D eigenvalue weighted by atomic mass is 9.73. The zero-order valence-corrected chi connectivity index (χ0v) is 17.3. The minimum atomic E-state index is -0.273. The van der Waals surface area contributed by atoms with Crippen molar-refractivity contribution >= 4 is 5.97 Å². The molecule has 0 heterocycles. The summed E-state index contributed by atoms with van der Waals surface area (Å²) in [4.78, 5) is 12.0. The molecule has 2 atom stereocenters. The molecule has 0 fully saturated rings. The summed E-state index contributed by atoms with van der Waals surface area (Å²) in [7, 11) is 0. The van der Waals surface area contributed by atoms with Gasteiger partial charge in [0.2, 0.25) is 0 Å². The van der Waals surface area contributed by atoms with Crippen LogP contribution in [0.5, 0.6) is 11.5 Å². The van der Waals surface area contributed by atoms with E-state index in [0.29, 0.717) is 12.2 Å². The number of carbonyl (C=O) groups is 1. The third kappa shape index (κ3) is 5.47. The summed E-state index contributed by atoms with van der Waals surface area (Å²) in [5.74, 6) is 0.690. The number of ether oxygens (including phenoxy) is 1. The summed E-state index contributed by atoms with van der Waals surface area (Å²) in [5.41, 5.74) is 4.15. The van der Waals surface area contributed by atoms with Crippen LogP contribution in [-0.4, -0.2) is 11.1 Å². The van der Waals surface area contributed by atoms with Crippen molar-refractivity contribution in [3.05, 3.63) is 47.1 Å². The molecule has 1 aromatic rings. The van der Waals surface area contributed by atoms with Gasteiger partial charge in [-0.25, -0.2) is 0 Å². The Morgan fingerprint density at radius 2 is 2.04 bits per heavy atom. The molecule has 0 radical (unpaired) electrons. The van der Waals surface area contributed by atoms with E-state index in [2.05, 4.69) is 26.5 Å². The van der Waals surface area contributed by atoms with Gasteiger partial charge in [0.15, 0.2) is 0 Å². The van der Waals surface area contributed by atoms with E-state index in [-0.39, 0.29) is 23.6 Å². The van der Waals surface area contributed by atoms with Crippen LogP contribution < -0.4 is 4.74 Å². The van der Waals surface area contributed by atoms with Gasteiger partial charge in [0.25, 0.3) is 0 Å². The molecule has 0 aliphatic heterocycles. The lowest BCUT2D eigenvalue weighted by molar-refractivity contribution is -0.134. The summed E-state index contributed by atoms with van der Waals surface area (Å²) in [6.45, 7) is 12.3. The Morgan fingerprint density at radius 3 is 2.67 bits per heavy atom. The molecule has 148 valence electrons. The van der Waals surface area contributed by atoms with Crippen molar-refractivity contribution in [3.63, 3.8) is 0 Å². The number of rotatable bonds is 8. The predicted molar refractivity (Wildman–Crippen MR) is 111 cm³/mol. The highest BCUT2D eigenvalue weighted by Crippen LogP contribution is 2.47. The third-order valence-corrected chi connectivity index (χ3v) is 5.48. The second-order valence-corrected chi connectivity index (χ2v) is 7.84. The second kappa shape index (κ2) is 9.77. The van der Waals surface area contributed by atoms with E-state index >= 15 is 0 Å². The monoisotopic (exact) mass is 370 g/mol. The molecule has 0 aromatic heterocycles. The molecule has 0 saturated heterocycles. The van der Waals surface area contributed by atoms with E-state index in [9.17, 15) is 9.90 Å². The summed E-state index contributed by atoms with van der Waals surface area (Å²) in [6, 6.07) is 3.80. The molecule has 27 heavy (non-hydrogen) atoms. The van der Waals surface area contributed by atoms with E-state index in [4.69, 9.17) is 4.74 Å². The van der Waals surface area contributed by atoms with Crippen LogP contribution in [0.4, 0.5) is 0 Å². The third-order valence-electron chi connectivity index (χ3n) is 5.48. The van der Waals surface area contributed by atoms with Crippen molar-refractivity contribution in [2.75, 3.05) is 0 Å². The van der Waals surface area contributed by atoms with E-state index in [1.165, 1.54) is 5.57 Å². The number of hydrogen-bond donors (Lipinski definition) is 1. The molecule has 0 spiro atoms. The summed E-state index contributed by atoms with van der Waals surface area (Å²) in [5, 5.41) is 10.9. The van der Waals surface area contributed by atoms with Crippen LogP contribution in [0, 0.1) is 5.92 Å². The Morgan fingerprint density at radius 1 is 1.30 bits per heavy atom. The highest BCUT2D eigenvalue weighted by atomic mass is 16.5.